The van der Waals surface area contributed by atoms with Crippen molar-refractivity contribution in [3.63, 3.8) is 0 Å². The third-order valence-electron chi connectivity index (χ3n) is 2.37. The number of rotatable bonds is 1. The lowest BCUT2D eigenvalue weighted by Gasteiger charge is -2.28. The van der Waals surface area contributed by atoms with Crippen LogP contribution in [0.4, 0.5) is 11.4 Å². The van der Waals surface area contributed by atoms with Crippen molar-refractivity contribution in [3.05, 3.63) is 24.3 Å². The lowest BCUT2D eigenvalue weighted by molar-refractivity contribution is -0.121. The van der Waals surface area contributed by atoms with Crippen molar-refractivity contribution in [2.45, 2.75) is 13.3 Å². The van der Waals surface area contributed by atoms with Gasteiger partial charge in [-0.1, -0.05) is 19.1 Å². The molecule has 0 saturated heterocycles. The highest BCUT2D eigenvalue weighted by Gasteiger charge is 2.25. The number of hydrogen-bond donors (Lipinski definition) is 1. The number of nitrogens with one attached hydrogen (secondary N) is 1. The first-order valence-corrected chi connectivity index (χ1v) is 4.91. The van der Waals surface area contributed by atoms with Crippen molar-refractivity contribution >= 4 is 23.2 Å². The zero-order valence-electron chi connectivity index (χ0n) is 8.49. The molecule has 0 bridgehead atoms. The van der Waals surface area contributed by atoms with E-state index in [-0.39, 0.29) is 18.4 Å². The number of anilines is 2. The van der Waals surface area contributed by atoms with Gasteiger partial charge in [0.1, 0.15) is 6.54 Å². The maximum absolute atomic E-state index is 11.6. The molecule has 0 saturated carbocycles. The summed E-state index contributed by atoms with van der Waals surface area (Å²) in [7, 11) is 0. The van der Waals surface area contributed by atoms with Gasteiger partial charge in [0, 0.05) is 6.42 Å². The molecule has 0 aliphatic carbocycles. The van der Waals surface area contributed by atoms with Gasteiger partial charge < -0.3 is 10.2 Å². The van der Waals surface area contributed by atoms with E-state index in [2.05, 4.69) is 5.32 Å². The monoisotopic (exact) mass is 204 g/mol. The summed E-state index contributed by atoms with van der Waals surface area (Å²) in [6.45, 7) is 1.90. The van der Waals surface area contributed by atoms with Crippen LogP contribution in [0.5, 0.6) is 0 Å². The third-order valence-corrected chi connectivity index (χ3v) is 2.37. The second-order valence-electron chi connectivity index (χ2n) is 3.40. The molecule has 15 heavy (non-hydrogen) atoms. The first-order valence-electron chi connectivity index (χ1n) is 4.91. The molecule has 78 valence electrons. The molecule has 1 heterocycles. The van der Waals surface area contributed by atoms with Gasteiger partial charge in [-0.15, -0.1) is 0 Å². The zero-order valence-corrected chi connectivity index (χ0v) is 8.49. The highest BCUT2D eigenvalue weighted by Crippen LogP contribution is 2.28. The summed E-state index contributed by atoms with van der Waals surface area (Å²) in [5, 5.41) is 2.74. The summed E-state index contributed by atoms with van der Waals surface area (Å²) in [5.74, 6) is -0.173. The summed E-state index contributed by atoms with van der Waals surface area (Å²) >= 11 is 0. The molecule has 0 radical (unpaired) electrons. The average Bonchev–Trinajstić information content (AvgIpc) is 2.26. The predicted molar refractivity (Wildman–Crippen MR) is 57.7 cm³/mol. The van der Waals surface area contributed by atoms with Crippen LogP contribution < -0.4 is 10.2 Å². The van der Waals surface area contributed by atoms with Gasteiger partial charge in [-0.25, -0.2) is 0 Å². The molecule has 1 aliphatic heterocycles. The van der Waals surface area contributed by atoms with Crippen LogP contribution in [0.1, 0.15) is 13.3 Å². The lowest BCUT2D eigenvalue weighted by atomic mass is 10.2. The number of amides is 2. The number of carbonyl (C=O) groups excluding carboxylic acids is 2. The summed E-state index contributed by atoms with van der Waals surface area (Å²) in [6, 6.07) is 7.32. The molecule has 1 N–H and O–H groups in total. The molecule has 1 aromatic rings. The first kappa shape index (κ1) is 9.71. The molecular weight excluding hydrogens is 192 g/mol. The number of nitrogens with zero attached hydrogens (tertiary/aromatic N) is 1. The summed E-state index contributed by atoms with van der Waals surface area (Å²) in [4.78, 5) is 24.5. The first-order chi connectivity index (χ1) is 7.22. The molecule has 0 spiro atoms. The summed E-state index contributed by atoms with van der Waals surface area (Å²) in [5.41, 5.74) is 1.49. The van der Waals surface area contributed by atoms with Crippen LogP contribution in [-0.4, -0.2) is 18.4 Å². The second-order valence-corrected chi connectivity index (χ2v) is 3.40. The maximum Gasteiger partial charge on any atom is 0.244 e. The average molecular weight is 204 g/mol. The van der Waals surface area contributed by atoms with E-state index in [4.69, 9.17) is 0 Å². The molecule has 1 aromatic carbocycles. The molecule has 0 fully saturated rings. The Hall–Kier alpha value is -1.84. The third kappa shape index (κ3) is 1.70. The van der Waals surface area contributed by atoms with Crippen LogP contribution in [0, 0.1) is 0 Å². The molecule has 0 unspecified atom stereocenters. The Morgan fingerprint density at radius 2 is 2.20 bits per heavy atom. The van der Waals surface area contributed by atoms with Crippen molar-refractivity contribution in [2.75, 3.05) is 16.8 Å². The van der Waals surface area contributed by atoms with Crippen molar-refractivity contribution in [1.29, 1.82) is 0 Å². The zero-order chi connectivity index (χ0) is 10.8. The minimum atomic E-state index is -0.143. The van der Waals surface area contributed by atoms with E-state index in [0.29, 0.717) is 12.1 Å². The largest absolute Gasteiger partial charge is 0.323 e. The number of hydrogen-bond acceptors (Lipinski definition) is 2. The van der Waals surface area contributed by atoms with Crippen LogP contribution in [0.25, 0.3) is 0 Å². The van der Waals surface area contributed by atoms with Gasteiger partial charge in [-0.3, -0.25) is 9.59 Å². The van der Waals surface area contributed by atoms with Gasteiger partial charge in [-0.05, 0) is 12.1 Å². The van der Waals surface area contributed by atoms with Crippen molar-refractivity contribution in [1.82, 2.24) is 0 Å². The second kappa shape index (κ2) is 3.73. The van der Waals surface area contributed by atoms with E-state index < -0.39 is 0 Å². The van der Waals surface area contributed by atoms with Gasteiger partial charge in [0.05, 0.1) is 11.4 Å². The number of fused-ring (bicyclic) bond motifs is 1. The van der Waals surface area contributed by atoms with E-state index in [1.807, 2.05) is 18.2 Å². The normalized spacial score (nSPS) is 14.5. The Kier molecular flexibility index (Phi) is 2.41. The predicted octanol–water partition coefficient (Wildman–Crippen LogP) is 1.38. The quantitative estimate of drug-likeness (QED) is 0.751. The van der Waals surface area contributed by atoms with Crippen LogP contribution >= 0.6 is 0 Å². The van der Waals surface area contributed by atoms with Crippen molar-refractivity contribution < 1.29 is 9.59 Å². The molecule has 0 aromatic heterocycles. The number of carbonyl (C=O) groups is 2. The minimum Gasteiger partial charge on any atom is -0.323 e. The maximum atomic E-state index is 11.6. The van der Waals surface area contributed by atoms with Gasteiger partial charge in [-0.2, -0.15) is 0 Å². The number of benzene rings is 1. The fourth-order valence-corrected chi connectivity index (χ4v) is 1.65. The Labute approximate surface area is 87.9 Å². The standard InChI is InChI=1S/C11H12N2O2/c1-2-11(15)13-7-10(14)12-8-5-3-4-6-9(8)13/h3-6H,2,7H2,1H3,(H,12,14). The Morgan fingerprint density at radius 3 is 2.93 bits per heavy atom. The molecule has 2 rings (SSSR count). The highest BCUT2D eigenvalue weighted by molar-refractivity contribution is 6.09. The van der Waals surface area contributed by atoms with E-state index in [1.165, 1.54) is 4.90 Å². The van der Waals surface area contributed by atoms with Crippen molar-refractivity contribution in [3.8, 4) is 0 Å². The van der Waals surface area contributed by atoms with E-state index in [1.54, 1.807) is 13.0 Å². The van der Waals surface area contributed by atoms with Crippen LogP contribution in [-0.2, 0) is 9.59 Å². The molecule has 0 atom stereocenters. The van der Waals surface area contributed by atoms with Gasteiger partial charge in [0.15, 0.2) is 0 Å². The lowest BCUT2D eigenvalue weighted by Crippen LogP contribution is -2.41. The molecule has 4 nitrogen and oxygen atoms in total. The smallest absolute Gasteiger partial charge is 0.244 e. The van der Waals surface area contributed by atoms with Crippen LogP contribution in [0.2, 0.25) is 0 Å². The highest BCUT2D eigenvalue weighted by atomic mass is 16.2. The van der Waals surface area contributed by atoms with Gasteiger partial charge >= 0.3 is 0 Å². The van der Waals surface area contributed by atoms with E-state index in [0.717, 1.165) is 5.69 Å². The molecule has 1 aliphatic rings. The topological polar surface area (TPSA) is 49.4 Å². The van der Waals surface area contributed by atoms with Crippen LogP contribution in [0.3, 0.4) is 0 Å². The number of para-hydroxylation sites is 2. The summed E-state index contributed by atoms with van der Waals surface area (Å²) in [6.07, 6.45) is 0.404. The summed E-state index contributed by atoms with van der Waals surface area (Å²) < 4.78 is 0. The SMILES string of the molecule is CCC(=O)N1CC(=O)Nc2ccccc21. The molecular formula is C11H12N2O2. The van der Waals surface area contributed by atoms with Crippen molar-refractivity contribution in [2.24, 2.45) is 0 Å². The van der Waals surface area contributed by atoms with Gasteiger partial charge in [0.25, 0.3) is 0 Å². The fraction of sp³-hybridized carbons (Fsp3) is 0.273. The molecule has 2 amide bonds. The van der Waals surface area contributed by atoms with Gasteiger partial charge in [0.2, 0.25) is 11.8 Å². The Morgan fingerprint density at radius 1 is 1.47 bits per heavy atom. The van der Waals surface area contributed by atoms with E-state index in [9.17, 15) is 9.59 Å². The Bertz CT molecular complexity index is 415. The van der Waals surface area contributed by atoms with Crippen LogP contribution in [0.15, 0.2) is 24.3 Å². The van der Waals surface area contributed by atoms with E-state index >= 15 is 0 Å². The minimum absolute atomic E-state index is 0.0303. The Balaban J connectivity index is 2.42. The molecule has 4 heteroatoms. The fourth-order valence-electron chi connectivity index (χ4n) is 1.65.